The molecule has 0 radical (unpaired) electrons. The first kappa shape index (κ1) is 22.9. The van der Waals surface area contributed by atoms with Gasteiger partial charge in [-0.15, -0.1) is 23.1 Å². The number of hydrogen-bond donors (Lipinski definition) is 1. The van der Waals surface area contributed by atoms with Gasteiger partial charge in [0, 0.05) is 30.9 Å². The number of alkyl halides is 3. The van der Waals surface area contributed by atoms with Gasteiger partial charge >= 0.3 is 18.2 Å². The van der Waals surface area contributed by atoms with Crippen molar-refractivity contribution in [3.05, 3.63) is 17.5 Å². The van der Waals surface area contributed by atoms with Crippen LogP contribution in [0.4, 0.5) is 18.0 Å². The van der Waals surface area contributed by atoms with Gasteiger partial charge in [0.05, 0.1) is 4.21 Å². The second kappa shape index (κ2) is 8.94. The molecule has 1 saturated heterocycles. The average molecular weight is 439 g/mol. The molecule has 0 aliphatic carbocycles. The lowest BCUT2D eigenvalue weighted by molar-refractivity contribution is -0.192. The van der Waals surface area contributed by atoms with Crippen molar-refractivity contribution in [3.63, 3.8) is 0 Å². The lowest BCUT2D eigenvalue weighted by atomic mass is 9.78. The summed E-state index contributed by atoms with van der Waals surface area (Å²) in [6.45, 7) is 5.50. The number of nitrogens with zero attached hydrogens (tertiary/aromatic N) is 2. The Labute approximate surface area is 170 Å². The van der Waals surface area contributed by atoms with E-state index in [1.807, 2.05) is 17.5 Å². The van der Waals surface area contributed by atoms with E-state index < -0.39 is 35.7 Å². The predicted octanol–water partition coefficient (Wildman–Crippen LogP) is 4.79. The largest absolute Gasteiger partial charge is 0.471 e. The van der Waals surface area contributed by atoms with Crippen LogP contribution in [0.15, 0.2) is 21.7 Å². The van der Waals surface area contributed by atoms with Crippen molar-refractivity contribution in [1.82, 2.24) is 9.80 Å². The van der Waals surface area contributed by atoms with Crippen LogP contribution in [0.2, 0.25) is 0 Å². The molecule has 0 spiro atoms. The van der Waals surface area contributed by atoms with E-state index in [1.54, 1.807) is 43.9 Å². The quantitative estimate of drug-likeness (QED) is 0.672. The number of likely N-dealkylation sites (tertiary alicyclic amines) is 1. The number of carboxylic acid groups (broad SMARTS) is 1. The molecule has 2 unspecified atom stereocenters. The molecule has 28 heavy (non-hydrogen) atoms. The van der Waals surface area contributed by atoms with E-state index >= 15 is 0 Å². The predicted molar refractivity (Wildman–Crippen MR) is 104 cm³/mol. The van der Waals surface area contributed by atoms with E-state index in [9.17, 15) is 27.9 Å². The van der Waals surface area contributed by atoms with Gasteiger partial charge in [0.25, 0.3) is 0 Å². The van der Waals surface area contributed by atoms with Crippen LogP contribution in [0, 0.1) is 5.41 Å². The molecule has 1 fully saturated rings. The summed E-state index contributed by atoms with van der Waals surface area (Å²) in [5.74, 6) is -1.28. The number of carbonyl (C=O) groups is 2. The van der Waals surface area contributed by atoms with Crippen LogP contribution >= 0.6 is 23.1 Å². The van der Waals surface area contributed by atoms with E-state index in [1.165, 1.54) is 4.90 Å². The minimum atomic E-state index is -4.93. The lowest BCUT2D eigenvalue weighted by Gasteiger charge is -2.48. The first-order chi connectivity index (χ1) is 12.9. The minimum absolute atomic E-state index is 0.104. The minimum Gasteiger partial charge on any atom is -0.465 e. The van der Waals surface area contributed by atoms with Gasteiger partial charge in [-0.2, -0.15) is 13.2 Å². The van der Waals surface area contributed by atoms with Crippen molar-refractivity contribution in [2.75, 3.05) is 18.8 Å². The standard InChI is InChI=1S/C18H25F3N2O3S2/c1-17(2,3)13-11-12(6-7-23(13)15(24)18(19,20)21)22(16(25)26)8-10-28-14-5-4-9-27-14/h4-5,9,12-13H,6-8,10-11H2,1-3H3,(H,25,26). The number of thiophene rings is 1. The number of halogens is 3. The summed E-state index contributed by atoms with van der Waals surface area (Å²) in [5.41, 5.74) is -0.602. The molecular weight excluding hydrogens is 413 g/mol. The molecule has 1 aliphatic rings. The maximum Gasteiger partial charge on any atom is 0.471 e. The second-order valence-corrected chi connectivity index (χ2v) is 10.2. The maximum atomic E-state index is 13.0. The van der Waals surface area contributed by atoms with Crippen LogP contribution in [-0.4, -0.2) is 64.0 Å². The third-order valence-corrected chi connectivity index (χ3v) is 6.95. The van der Waals surface area contributed by atoms with Crippen molar-refractivity contribution in [2.24, 2.45) is 5.41 Å². The molecule has 2 rings (SSSR count). The van der Waals surface area contributed by atoms with Gasteiger partial charge in [0.2, 0.25) is 0 Å². The molecule has 5 nitrogen and oxygen atoms in total. The van der Waals surface area contributed by atoms with Crippen LogP contribution in [0.25, 0.3) is 0 Å². The van der Waals surface area contributed by atoms with Crippen LogP contribution in [0.1, 0.15) is 33.6 Å². The highest BCUT2D eigenvalue weighted by atomic mass is 32.2. The van der Waals surface area contributed by atoms with Gasteiger partial charge in [0.15, 0.2) is 0 Å². The fourth-order valence-corrected chi connectivity index (χ4v) is 5.28. The number of rotatable bonds is 5. The average Bonchev–Trinajstić information content (AvgIpc) is 3.09. The molecule has 10 heteroatoms. The Morgan fingerprint density at radius 1 is 1.36 bits per heavy atom. The van der Waals surface area contributed by atoms with Crippen LogP contribution in [-0.2, 0) is 4.79 Å². The molecule has 2 heterocycles. The van der Waals surface area contributed by atoms with Gasteiger partial charge in [-0.25, -0.2) is 4.79 Å². The third-order valence-electron chi connectivity index (χ3n) is 4.84. The van der Waals surface area contributed by atoms with Gasteiger partial charge in [0.1, 0.15) is 0 Å². The zero-order chi connectivity index (χ0) is 21.1. The summed E-state index contributed by atoms with van der Waals surface area (Å²) < 4.78 is 40.0. The highest BCUT2D eigenvalue weighted by Crippen LogP contribution is 2.36. The normalized spacial score (nSPS) is 20.9. The zero-order valence-corrected chi connectivity index (χ0v) is 17.7. The number of amides is 2. The van der Waals surface area contributed by atoms with E-state index in [0.717, 1.165) is 9.11 Å². The van der Waals surface area contributed by atoms with Gasteiger partial charge in [-0.05, 0) is 29.7 Å². The summed E-state index contributed by atoms with van der Waals surface area (Å²) in [5, 5.41) is 11.6. The highest BCUT2D eigenvalue weighted by Gasteiger charge is 2.49. The molecule has 0 bridgehead atoms. The third kappa shape index (κ3) is 5.79. The topological polar surface area (TPSA) is 60.9 Å². The number of thioether (sulfide) groups is 1. The van der Waals surface area contributed by atoms with E-state index in [-0.39, 0.29) is 25.9 Å². The Hall–Kier alpha value is -1.42. The smallest absolute Gasteiger partial charge is 0.465 e. The van der Waals surface area contributed by atoms with E-state index in [0.29, 0.717) is 5.75 Å². The molecule has 1 N–H and O–H groups in total. The van der Waals surface area contributed by atoms with Crippen molar-refractivity contribution in [1.29, 1.82) is 0 Å². The van der Waals surface area contributed by atoms with Gasteiger partial charge in [-0.3, -0.25) is 4.79 Å². The van der Waals surface area contributed by atoms with Crippen molar-refractivity contribution >= 4 is 35.1 Å². The van der Waals surface area contributed by atoms with Crippen molar-refractivity contribution in [2.45, 2.75) is 56.1 Å². The van der Waals surface area contributed by atoms with E-state index in [2.05, 4.69) is 0 Å². The summed E-state index contributed by atoms with van der Waals surface area (Å²) in [6.07, 6.45) is -5.62. The second-order valence-electron chi connectivity index (χ2n) is 7.81. The summed E-state index contributed by atoms with van der Waals surface area (Å²) in [7, 11) is 0. The van der Waals surface area contributed by atoms with Crippen LogP contribution < -0.4 is 0 Å². The molecule has 2 amide bonds. The molecular formula is C18H25F3N2O3S2. The van der Waals surface area contributed by atoms with Crippen molar-refractivity contribution in [3.8, 4) is 0 Å². The van der Waals surface area contributed by atoms with Crippen LogP contribution in [0.3, 0.4) is 0 Å². The number of carbonyl (C=O) groups excluding carboxylic acids is 1. The van der Waals surface area contributed by atoms with Gasteiger partial charge < -0.3 is 14.9 Å². The summed E-state index contributed by atoms with van der Waals surface area (Å²) >= 11 is 3.13. The molecule has 1 aliphatic heterocycles. The van der Waals surface area contributed by atoms with Gasteiger partial charge in [-0.1, -0.05) is 26.8 Å². The lowest BCUT2D eigenvalue weighted by Crippen LogP contribution is -2.59. The van der Waals surface area contributed by atoms with E-state index in [4.69, 9.17) is 0 Å². The van der Waals surface area contributed by atoms with Crippen LogP contribution in [0.5, 0.6) is 0 Å². The Bertz CT molecular complexity index is 675. The fourth-order valence-electron chi connectivity index (χ4n) is 3.48. The Kier molecular flexibility index (Phi) is 7.30. The summed E-state index contributed by atoms with van der Waals surface area (Å²) in [6, 6.07) is 2.77. The Morgan fingerprint density at radius 3 is 2.54 bits per heavy atom. The molecule has 1 aromatic rings. The molecule has 1 aromatic heterocycles. The monoisotopic (exact) mass is 438 g/mol. The number of piperidine rings is 1. The molecule has 158 valence electrons. The maximum absolute atomic E-state index is 13.0. The first-order valence-corrected chi connectivity index (χ1v) is 10.8. The Morgan fingerprint density at radius 2 is 2.04 bits per heavy atom. The first-order valence-electron chi connectivity index (χ1n) is 8.95. The highest BCUT2D eigenvalue weighted by molar-refractivity contribution is 8.01. The molecule has 0 saturated carbocycles. The molecule has 2 atom stereocenters. The molecule has 0 aromatic carbocycles. The van der Waals surface area contributed by atoms with Crippen molar-refractivity contribution < 1.29 is 27.9 Å². The summed E-state index contributed by atoms with van der Waals surface area (Å²) in [4.78, 5) is 25.8. The SMILES string of the molecule is CC(C)(C)C1CC(N(CCSc2cccs2)C(=O)O)CCN1C(=O)C(F)(F)F. The zero-order valence-electron chi connectivity index (χ0n) is 16.0. The Balaban J connectivity index is 2.09. The number of hydrogen-bond acceptors (Lipinski definition) is 4. The fraction of sp³-hybridized carbons (Fsp3) is 0.667.